The lowest BCUT2D eigenvalue weighted by Crippen LogP contribution is -2.62. The highest BCUT2D eigenvalue weighted by atomic mass is 16.4. The molecule has 2 aliphatic heterocycles. The number of guanidine groups is 2. The number of carboxylic acids is 3. The Morgan fingerprint density at radius 3 is 1.16 bits per heavy atom. The standard InChI is InChI=1S/C69H119N21O24/c1-32(2)26-42(58(104)81-41(19-21-51(97)98)65(111)89-24-12-16-48(89)62(108)83-43(27-33(3)4)59(105)84-44(28-34(5)6)66(112)90-25-13-17-49(90)63(109)87-47(31-93)67(113)114)82-57(103)40(18-20-50(95)96)80-60(106)45(29-91)85-54(100)36(8)77-53(99)35(7)78-64(110)52(37(9)94)88-61(107)46(30-92)86-56(102)39(15-11-23-76-69(73)74)79-55(101)38(70)14-10-22-75-68(71)72/h32-49,52,91-94H,10-31,70H2,1-9H3,(H,77,99)(H,78,110)(H,79,101)(H,80,106)(H,81,104)(H,82,103)(H,83,108)(H,84,105)(H,85,100)(H,86,102)(H,87,109)(H,88,107)(H,95,96)(H,97,98)(H,113,114)(H4,71,72,75)(H4,73,74,76)/t35-,36-,37+,38-,39-,40-,41-,42-,43-,44-,45-,46-,47-,48-,49-,52-/m0/s1. The van der Waals surface area contributed by atoms with Crippen molar-refractivity contribution in [1.29, 1.82) is 0 Å². The Labute approximate surface area is 658 Å². The number of aliphatic imine (C=N–C) groups is 2. The number of aliphatic hydroxyl groups excluding tert-OH is 4. The summed E-state index contributed by atoms with van der Waals surface area (Å²) in [6, 6.07) is -23.1. The Hall–Kier alpha value is -10.7. The maximum Gasteiger partial charge on any atom is 0.328 e. The molecule has 2 saturated heterocycles. The van der Waals surface area contributed by atoms with Gasteiger partial charge in [-0.25, -0.2) is 4.79 Å². The van der Waals surface area contributed by atoms with Gasteiger partial charge in [0.25, 0.3) is 0 Å². The number of rotatable bonds is 51. The lowest BCUT2D eigenvalue weighted by Gasteiger charge is -2.32. The Kier molecular flexibility index (Phi) is 43.4. The van der Waals surface area contributed by atoms with Gasteiger partial charge in [0.05, 0.1) is 32.0 Å². The number of carboxylic acid groups (broad SMARTS) is 3. The lowest BCUT2D eigenvalue weighted by atomic mass is 9.99. The van der Waals surface area contributed by atoms with Gasteiger partial charge in [0.1, 0.15) is 84.6 Å². The molecule has 2 rings (SSSR count). The first-order valence-electron chi connectivity index (χ1n) is 37.7. The second-order valence-corrected chi connectivity index (χ2v) is 29.3. The van der Waals surface area contributed by atoms with Gasteiger partial charge in [-0.05, 0) is 122 Å². The van der Waals surface area contributed by atoms with Gasteiger partial charge in [0.15, 0.2) is 11.9 Å². The van der Waals surface area contributed by atoms with Crippen molar-refractivity contribution in [2.75, 3.05) is 46.0 Å². The average Bonchev–Trinajstić information content (AvgIpc) is 1.62. The summed E-state index contributed by atoms with van der Waals surface area (Å²) in [4.78, 5) is 239. The Bertz CT molecular complexity index is 3390. The van der Waals surface area contributed by atoms with Crippen LogP contribution in [0.2, 0.25) is 0 Å². The predicted octanol–water partition coefficient (Wildman–Crippen LogP) is -9.43. The van der Waals surface area contributed by atoms with Crippen molar-refractivity contribution in [2.45, 2.75) is 255 Å². The first kappa shape index (κ1) is 99.4. The summed E-state index contributed by atoms with van der Waals surface area (Å²) in [6.45, 7) is 10.6. The fraction of sp³-hybridized carbons (Fsp3) is 0.725. The van der Waals surface area contributed by atoms with Crippen LogP contribution in [0.15, 0.2) is 9.98 Å². The molecule has 644 valence electrons. The van der Waals surface area contributed by atoms with Crippen LogP contribution in [-0.2, 0) is 81.5 Å². The zero-order valence-electron chi connectivity index (χ0n) is 65.8. The summed E-state index contributed by atoms with van der Waals surface area (Å²) >= 11 is 0. The highest BCUT2D eigenvalue weighted by Crippen LogP contribution is 2.24. The summed E-state index contributed by atoms with van der Waals surface area (Å²) in [5.74, 6) is -19.8. The second kappa shape index (κ2) is 49.7. The number of carbonyl (C=O) groups excluding carboxylic acids is 14. The molecule has 0 aromatic rings. The molecule has 16 atom stereocenters. The smallest absolute Gasteiger partial charge is 0.328 e. The molecule has 0 aromatic carbocycles. The molecule has 2 fully saturated rings. The fourth-order valence-corrected chi connectivity index (χ4v) is 12.1. The lowest BCUT2D eigenvalue weighted by molar-refractivity contribution is -0.146. The van der Waals surface area contributed by atoms with Gasteiger partial charge in [-0.3, -0.25) is 86.7 Å². The zero-order valence-corrected chi connectivity index (χ0v) is 65.8. The van der Waals surface area contributed by atoms with E-state index in [1.165, 1.54) is 4.90 Å². The van der Waals surface area contributed by atoms with E-state index in [0.29, 0.717) is 6.42 Å². The van der Waals surface area contributed by atoms with E-state index in [1.807, 2.05) is 0 Å². The van der Waals surface area contributed by atoms with Crippen molar-refractivity contribution in [3.8, 4) is 0 Å². The molecule has 0 unspecified atom stereocenters. The number of nitrogens with one attached hydrogen (secondary N) is 12. The number of aliphatic hydroxyl groups is 4. The van der Waals surface area contributed by atoms with Crippen LogP contribution in [0.3, 0.4) is 0 Å². The first-order chi connectivity index (χ1) is 53.4. The van der Waals surface area contributed by atoms with Crippen molar-refractivity contribution in [1.82, 2.24) is 73.6 Å². The molecule has 114 heavy (non-hydrogen) atoms. The van der Waals surface area contributed by atoms with Gasteiger partial charge >= 0.3 is 17.9 Å². The first-order valence-corrected chi connectivity index (χ1v) is 37.7. The monoisotopic (exact) mass is 1630 g/mol. The summed E-state index contributed by atoms with van der Waals surface area (Å²) in [6.07, 6.45) is -3.47. The second-order valence-electron chi connectivity index (χ2n) is 29.3. The number of nitrogens with zero attached hydrogens (tertiary/aromatic N) is 4. The number of hydrogen-bond donors (Lipinski definition) is 24. The van der Waals surface area contributed by atoms with Crippen molar-refractivity contribution in [2.24, 2.45) is 56.4 Å². The van der Waals surface area contributed by atoms with E-state index in [0.717, 1.165) is 25.7 Å². The molecular formula is C69H119N21O24. The van der Waals surface area contributed by atoms with Crippen molar-refractivity contribution in [3.05, 3.63) is 0 Å². The van der Waals surface area contributed by atoms with Crippen LogP contribution in [-0.4, -0.2) is 301 Å². The van der Waals surface area contributed by atoms with E-state index in [2.05, 4.69) is 73.8 Å². The van der Waals surface area contributed by atoms with Gasteiger partial charge in [-0.15, -0.1) is 0 Å². The summed E-state index contributed by atoms with van der Waals surface area (Å²) in [7, 11) is 0. The number of aliphatic carboxylic acids is 3. The molecule has 29 N–H and O–H groups in total. The number of amides is 14. The van der Waals surface area contributed by atoms with Crippen LogP contribution in [0.4, 0.5) is 0 Å². The van der Waals surface area contributed by atoms with Gasteiger partial charge < -0.3 is 138 Å². The third-order valence-corrected chi connectivity index (χ3v) is 18.1. The summed E-state index contributed by atoms with van der Waals surface area (Å²) < 4.78 is 0. The zero-order chi connectivity index (χ0) is 86.5. The third-order valence-electron chi connectivity index (χ3n) is 18.1. The van der Waals surface area contributed by atoms with E-state index in [9.17, 15) is 117 Å². The quantitative estimate of drug-likeness (QED) is 0.0153. The minimum absolute atomic E-state index is 0.0107. The largest absolute Gasteiger partial charge is 0.481 e. The maximum absolute atomic E-state index is 14.7. The summed E-state index contributed by atoms with van der Waals surface area (Å²) in [5.41, 5.74) is 27.5. The van der Waals surface area contributed by atoms with E-state index >= 15 is 0 Å². The topological polar surface area (TPSA) is 737 Å². The molecule has 0 aromatic heterocycles. The average molecular weight is 1630 g/mol. The number of carbonyl (C=O) groups is 17. The normalized spacial score (nSPS) is 17.6. The molecule has 0 spiro atoms. The maximum atomic E-state index is 14.7. The van der Waals surface area contributed by atoms with E-state index in [1.54, 1.807) is 41.5 Å². The number of nitrogens with two attached hydrogens (primary N) is 5. The molecule has 2 aliphatic rings. The van der Waals surface area contributed by atoms with Gasteiger partial charge in [0, 0.05) is 39.0 Å². The van der Waals surface area contributed by atoms with Crippen molar-refractivity contribution < 1.29 is 117 Å². The van der Waals surface area contributed by atoms with Gasteiger partial charge in [0.2, 0.25) is 82.7 Å². The SMILES string of the molecule is CC(C)C[C@H](NC(=O)[C@H](CCC(=O)O)NC(=O)[C@H](CO)NC(=O)[C@H](C)NC(=O)[C@H](C)NC(=O)[C@@H](NC(=O)[C@H](CO)NC(=O)[C@H](CCCN=C(N)N)NC(=O)[C@@H](N)CCCN=C(N)N)[C@@H](C)O)C(=O)N[C@@H](CCC(=O)O)C(=O)N1CCC[C@H]1C(=O)N[C@@H](CC(C)C)C(=O)N[C@@H](CC(C)C)C(=O)N1CCC[C@H]1C(=O)N[C@@H](CO)C(=O)O. The summed E-state index contributed by atoms with van der Waals surface area (Å²) in [5, 5.41) is 97.9. The van der Waals surface area contributed by atoms with Gasteiger partial charge in [-0.2, -0.15) is 0 Å². The molecule has 0 bridgehead atoms. The molecule has 14 amide bonds. The van der Waals surface area contributed by atoms with Crippen LogP contribution in [0.1, 0.15) is 159 Å². The predicted molar refractivity (Wildman–Crippen MR) is 404 cm³/mol. The highest BCUT2D eigenvalue weighted by Gasteiger charge is 2.44. The van der Waals surface area contributed by atoms with Crippen LogP contribution in [0, 0.1) is 17.8 Å². The molecule has 45 nitrogen and oxygen atoms in total. The van der Waals surface area contributed by atoms with E-state index in [4.69, 9.17) is 28.7 Å². The number of hydrogen-bond acceptors (Lipinski definition) is 24. The van der Waals surface area contributed by atoms with E-state index in [-0.39, 0.29) is 114 Å². The molecule has 0 radical (unpaired) electrons. The Balaban J connectivity index is 2.30. The molecular weight excluding hydrogens is 1510 g/mol. The highest BCUT2D eigenvalue weighted by molar-refractivity contribution is 6.01. The van der Waals surface area contributed by atoms with Crippen LogP contribution < -0.4 is 92.5 Å². The van der Waals surface area contributed by atoms with E-state index < -0.39 is 249 Å². The van der Waals surface area contributed by atoms with Crippen LogP contribution >= 0.6 is 0 Å². The van der Waals surface area contributed by atoms with Crippen LogP contribution in [0.5, 0.6) is 0 Å². The molecule has 0 saturated carbocycles. The minimum atomic E-state index is -1.94. The molecule has 45 heteroatoms. The Morgan fingerprint density at radius 2 is 0.719 bits per heavy atom. The van der Waals surface area contributed by atoms with Crippen molar-refractivity contribution >= 4 is 113 Å². The molecule has 2 heterocycles. The third kappa shape index (κ3) is 34.7. The molecule has 0 aliphatic carbocycles. The van der Waals surface area contributed by atoms with Crippen LogP contribution in [0.25, 0.3) is 0 Å². The minimum Gasteiger partial charge on any atom is -0.481 e. The fourth-order valence-electron chi connectivity index (χ4n) is 12.1. The van der Waals surface area contributed by atoms with Gasteiger partial charge in [-0.1, -0.05) is 41.5 Å². The van der Waals surface area contributed by atoms with Crippen molar-refractivity contribution in [3.63, 3.8) is 0 Å². The number of likely N-dealkylation sites (tertiary alicyclic amines) is 2. The Morgan fingerprint density at radius 1 is 0.386 bits per heavy atom.